The highest BCUT2D eigenvalue weighted by Crippen LogP contribution is 2.26. The van der Waals surface area contributed by atoms with Crippen LogP contribution in [0.4, 0.5) is 0 Å². The minimum Gasteiger partial charge on any atom is -0.486 e. The maximum atomic E-state index is 10.9. The summed E-state index contributed by atoms with van der Waals surface area (Å²) in [6, 6.07) is 10.7. The van der Waals surface area contributed by atoms with Gasteiger partial charge in [0.25, 0.3) is 0 Å². The lowest BCUT2D eigenvalue weighted by atomic mass is 10.1. The van der Waals surface area contributed by atoms with Crippen LogP contribution in [0, 0.1) is 0 Å². The van der Waals surface area contributed by atoms with E-state index in [1.807, 2.05) is 18.2 Å². The molecular weight excluding hydrogens is 264 g/mol. The molecule has 0 fully saturated rings. The molecule has 98 valence electrons. The number of halogens is 1. The first kappa shape index (κ1) is 13.4. The van der Waals surface area contributed by atoms with Crippen LogP contribution in [0.1, 0.15) is 11.3 Å². The van der Waals surface area contributed by atoms with Crippen molar-refractivity contribution in [3.63, 3.8) is 0 Å². The van der Waals surface area contributed by atoms with Crippen LogP contribution in [0.2, 0.25) is 5.02 Å². The van der Waals surface area contributed by atoms with Gasteiger partial charge in [-0.3, -0.25) is 9.78 Å². The number of pyridine rings is 1. The second-order valence-electron chi connectivity index (χ2n) is 4.02. The van der Waals surface area contributed by atoms with Crippen molar-refractivity contribution in [1.29, 1.82) is 0 Å². The highest BCUT2D eigenvalue weighted by molar-refractivity contribution is 6.32. The van der Waals surface area contributed by atoms with E-state index in [-0.39, 0.29) is 6.42 Å². The van der Waals surface area contributed by atoms with Gasteiger partial charge in [-0.05, 0) is 29.8 Å². The Morgan fingerprint density at radius 3 is 2.84 bits per heavy atom. The molecule has 0 spiro atoms. The number of amides is 1. The summed E-state index contributed by atoms with van der Waals surface area (Å²) >= 11 is 6.04. The quantitative estimate of drug-likeness (QED) is 0.911. The molecule has 2 N–H and O–H groups in total. The Hall–Kier alpha value is -2.07. The van der Waals surface area contributed by atoms with Crippen LogP contribution in [0.5, 0.6) is 5.75 Å². The van der Waals surface area contributed by atoms with Crippen molar-refractivity contribution < 1.29 is 9.53 Å². The first-order valence-corrected chi connectivity index (χ1v) is 6.12. The van der Waals surface area contributed by atoms with E-state index in [2.05, 4.69) is 4.98 Å². The highest BCUT2D eigenvalue weighted by Gasteiger charge is 2.06. The van der Waals surface area contributed by atoms with Gasteiger partial charge in [0.1, 0.15) is 12.4 Å². The van der Waals surface area contributed by atoms with E-state index in [9.17, 15) is 4.79 Å². The van der Waals surface area contributed by atoms with E-state index in [1.54, 1.807) is 24.4 Å². The number of rotatable bonds is 5. The Labute approximate surface area is 116 Å². The first-order valence-electron chi connectivity index (χ1n) is 5.74. The van der Waals surface area contributed by atoms with Gasteiger partial charge in [0.15, 0.2) is 0 Å². The molecule has 1 aromatic carbocycles. The lowest BCUT2D eigenvalue weighted by molar-refractivity contribution is -0.117. The van der Waals surface area contributed by atoms with Crippen LogP contribution >= 0.6 is 11.6 Å². The number of hydrogen-bond acceptors (Lipinski definition) is 3. The zero-order valence-electron chi connectivity index (χ0n) is 10.2. The van der Waals surface area contributed by atoms with E-state index in [0.29, 0.717) is 17.4 Å². The van der Waals surface area contributed by atoms with Crippen molar-refractivity contribution in [2.45, 2.75) is 13.0 Å². The molecule has 0 unspecified atom stereocenters. The third kappa shape index (κ3) is 3.96. The molecule has 1 aromatic heterocycles. The summed E-state index contributed by atoms with van der Waals surface area (Å²) in [5.41, 5.74) is 6.73. The number of aromatic nitrogens is 1. The zero-order chi connectivity index (χ0) is 13.7. The molecule has 0 atom stereocenters. The molecule has 0 aliphatic rings. The Bertz CT molecular complexity index is 573. The molecule has 5 heteroatoms. The number of carbonyl (C=O) groups is 1. The maximum Gasteiger partial charge on any atom is 0.221 e. The van der Waals surface area contributed by atoms with Crippen molar-refractivity contribution in [3.05, 3.63) is 58.9 Å². The SMILES string of the molecule is NC(=O)Cc1ccc(Cl)c(OCc2ccccn2)c1. The predicted octanol–water partition coefficient (Wildman–Crippen LogP) is 2.34. The second-order valence-corrected chi connectivity index (χ2v) is 4.42. The van der Waals surface area contributed by atoms with Gasteiger partial charge in [0.2, 0.25) is 5.91 Å². The zero-order valence-corrected chi connectivity index (χ0v) is 10.9. The largest absolute Gasteiger partial charge is 0.486 e. The number of carbonyl (C=O) groups excluding carboxylic acids is 1. The maximum absolute atomic E-state index is 10.9. The third-order valence-electron chi connectivity index (χ3n) is 2.48. The van der Waals surface area contributed by atoms with Gasteiger partial charge in [-0.2, -0.15) is 0 Å². The van der Waals surface area contributed by atoms with Crippen molar-refractivity contribution in [3.8, 4) is 5.75 Å². The number of ether oxygens (including phenoxy) is 1. The van der Waals surface area contributed by atoms with Gasteiger partial charge in [0.05, 0.1) is 17.1 Å². The molecule has 2 rings (SSSR count). The van der Waals surface area contributed by atoms with Crippen LogP contribution in [0.25, 0.3) is 0 Å². The monoisotopic (exact) mass is 276 g/mol. The topological polar surface area (TPSA) is 65.2 Å². The Kier molecular flexibility index (Phi) is 4.36. The summed E-state index contributed by atoms with van der Waals surface area (Å²) in [6.07, 6.45) is 1.86. The van der Waals surface area contributed by atoms with Gasteiger partial charge in [0, 0.05) is 6.20 Å². The molecule has 0 aliphatic heterocycles. The van der Waals surface area contributed by atoms with Gasteiger partial charge in [-0.25, -0.2) is 0 Å². The number of nitrogens with zero attached hydrogens (tertiary/aromatic N) is 1. The van der Waals surface area contributed by atoms with E-state index in [1.165, 1.54) is 0 Å². The van der Waals surface area contributed by atoms with Crippen molar-refractivity contribution >= 4 is 17.5 Å². The van der Waals surface area contributed by atoms with Gasteiger partial charge in [-0.1, -0.05) is 23.7 Å². The summed E-state index contributed by atoms with van der Waals surface area (Å²) in [7, 11) is 0. The van der Waals surface area contributed by atoms with E-state index < -0.39 is 5.91 Å². The van der Waals surface area contributed by atoms with Crippen molar-refractivity contribution in [2.24, 2.45) is 5.73 Å². The smallest absolute Gasteiger partial charge is 0.221 e. The van der Waals surface area contributed by atoms with Crippen LogP contribution in [0.3, 0.4) is 0 Å². The van der Waals surface area contributed by atoms with Crippen molar-refractivity contribution in [1.82, 2.24) is 4.98 Å². The Morgan fingerprint density at radius 2 is 2.16 bits per heavy atom. The molecule has 4 nitrogen and oxygen atoms in total. The average Bonchev–Trinajstić information content (AvgIpc) is 2.40. The number of nitrogens with two attached hydrogens (primary N) is 1. The second kappa shape index (κ2) is 6.20. The molecule has 0 saturated heterocycles. The molecule has 1 heterocycles. The first-order chi connectivity index (χ1) is 9.15. The van der Waals surface area contributed by atoms with Crippen LogP contribution in [0.15, 0.2) is 42.6 Å². The molecule has 1 amide bonds. The number of benzene rings is 1. The molecule has 0 radical (unpaired) electrons. The minimum absolute atomic E-state index is 0.164. The van der Waals surface area contributed by atoms with Gasteiger partial charge >= 0.3 is 0 Å². The fourth-order valence-electron chi connectivity index (χ4n) is 1.60. The standard InChI is InChI=1S/C14H13ClN2O2/c15-12-5-4-10(8-14(16)18)7-13(12)19-9-11-3-1-2-6-17-11/h1-7H,8-9H2,(H2,16,18). The van der Waals surface area contributed by atoms with E-state index >= 15 is 0 Å². The molecule has 0 aliphatic carbocycles. The van der Waals surface area contributed by atoms with Gasteiger partial charge in [-0.15, -0.1) is 0 Å². The van der Waals surface area contributed by atoms with Gasteiger partial charge < -0.3 is 10.5 Å². The summed E-state index contributed by atoms with van der Waals surface area (Å²) in [4.78, 5) is 15.0. The van der Waals surface area contributed by atoms with E-state index in [0.717, 1.165) is 11.3 Å². The minimum atomic E-state index is -0.391. The normalized spacial score (nSPS) is 10.2. The summed E-state index contributed by atoms with van der Waals surface area (Å²) in [6.45, 7) is 0.320. The lowest BCUT2D eigenvalue weighted by Crippen LogP contribution is -2.13. The fraction of sp³-hybridized carbons (Fsp3) is 0.143. The summed E-state index contributed by atoms with van der Waals surface area (Å²) in [5, 5.41) is 0.490. The third-order valence-corrected chi connectivity index (χ3v) is 2.79. The Morgan fingerprint density at radius 1 is 1.32 bits per heavy atom. The highest BCUT2D eigenvalue weighted by atomic mass is 35.5. The van der Waals surface area contributed by atoms with Crippen LogP contribution in [-0.2, 0) is 17.8 Å². The van der Waals surface area contributed by atoms with Crippen molar-refractivity contribution in [2.75, 3.05) is 0 Å². The van der Waals surface area contributed by atoms with E-state index in [4.69, 9.17) is 22.1 Å². The predicted molar refractivity (Wildman–Crippen MR) is 72.9 cm³/mol. The van der Waals surface area contributed by atoms with Crippen LogP contribution < -0.4 is 10.5 Å². The number of hydrogen-bond donors (Lipinski definition) is 1. The molecule has 0 bridgehead atoms. The number of primary amides is 1. The summed E-state index contributed by atoms with van der Waals surface area (Å²) < 4.78 is 5.60. The fourth-order valence-corrected chi connectivity index (χ4v) is 1.78. The lowest BCUT2D eigenvalue weighted by Gasteiger charge is -2.09. The molecular formula is C14H13ClN2O2. The average molecular weight is 277 g/mol. The molecule has 0 saturated carbocycles. The Balaban J connectivity index is 2.08. The molecule has 2 aromatic rings. The molecule has 19 heavy (non-hydrogen) atoms. The van der Waals surface area contributed by atoms with Crippen LogP contribution in [-0.4, -0.2) is 10.9 Å². The summed E-state index contributed by atoms with van der Waals surface area (Å²) in [5.74, 6) is 0.129.